The molecule has 64 valence electrons. The first kappa shape index (κ1) is 9.81. The minimum Gasteiger partial charge on any atom is -0.480 e. The number of ether oxygens (including phenoxy) is 1. The second kappa shape index (κ2) is 4.60. The first-order valence-electron chi connectivity index (χ1n) is 3.57. The number of aryl methyl sites for hydroxylation is 1. The summed E-state index contributed by atoms with van der Waals surface area (Å²) in [6.07, 6.45) is 0. The smallest absolute Gasteiger partial charge is 0.234 e. The van der Waals surface area contributed by atoms with Crippen molar-refractivity contribution in [2.45, 2.75) is 13.8 Å². The van der Waals surface area contributed by atoms with Gasteiger partial charge in [0.1, 0.15) is 5.82 Å². The van der Waals surface area contributed by atoms with Gasteiger partial charge in [-0.1, -0.05) is 13.8 Å². The third-order valence-corrected chi connectivity index (χ3v) is 1.10. The highest BCUT2D eigenvalue weighted by atomic mass is 16.5. The van der Waals surface area contributed by atoms with Crippen molar-refractivity contribution < 1.29 is 4.74 Å². The summed E-state index contributed by atoms with van der Waals surface area (Å²) in [7, 11) is 3.32. The number of nitrogens with two attached hydrogens (primary N) is 1. The molecule has 0 fully saturated rings. The molecular formula is C7H15N3O. The zero-order chi connectivity index (χ0) is 8.85. The third-order valence-electron chi connectivity index (χ3n) is 1.10. The van der Waals surface area contributed by atoms with E-state index in [-0.39, 0.29) is 0 Å². The minimum atomic E-state index is 0.551. The molecule has 0 atom stereocenters. The molecule has 0 saturated heterocycles. The monoisotopic (exact) mass is 157 g/mol. The van der Waals surface area contributed by atoms with Gasteiger partial charge in [0.05, 0.1) is 7.11 Å². The summed E-state index contributed by atoms with van der Waals surface area (Å²) in [5, 5.41) is 3.90. The second-order valence-electron chi connectivity index (χ2n) is 1.74. The molecule has 1 aromatic heterocycles. The van der Waals surface area contributed by atoms with Gasteiger partial charge >= 0.3 is 0 Å². The Bertz CT molecular complexity index is 188. The highest BCUT2D eigenvalue weighted by Crippen LogP contribution is 2.10. The number of nitrogens with zero attached hydrogens (tertiary/aromatic N) is 2. The van der Waals surface area contributed by atoms with Crippen LogP contribution >= 0.6 is 0 Å². The zero-order valence-corrected chi connectivity index (χ0v) is 7.46. The number of hydrogen-bond donors (Lipinski definition) is 1. The van der Waals surface area contributed by atoms with Gasteiger partial charge in [0.25, 0.3) is 0 Å². The van der Waals surface area contributed by atoms with Crippen LogP contribution in [0.3, 0.4) is 0 Å². The third kappa shape index (κ3) is 2.49. The summed E-state index contributed by atoms with van der Waals surface area (Å²) in [5.41, 5.74) is 5.44. The van der Waals surface area contributed by atoms with Crippen LogP contribution in [0.4, 0.5) is 5.82 Å². The molecule has 0 amide bonds. The first-order valence-corrected chi connectivity index (χ1v) is 3.57. The van der Waals surface area contributed by atoms with Crippen molar-refractivity contribution in [3.05, 3.63) is 6.07 Å². The molecule has 0 aliphatic heterocycles. The van der Waals surface area contributed by atoms with E-state index < -0.39 is 0 Å². The van der Waals surface area contributed by atoms with Crippen LogP contribution in [-0.2, 0) is 7.05 Å². The van der Waals surface area contributed by atoms with Crippen LogP contribution in [0.25, 0.3) is 0 Å². The number of hydrogen-bond acceptors (Lipinski definition) is 3. The Morgan fingerprint density at radius 1 is 1.55 bits per heavy atom. The van der Waals surface area contributed by atoms with Crippen molar-refractivity contribution in [1.29, 1.82) is 0 Å². The molecule has 1 aromatic rings. The summed E-state index contributed by atoms with van der Waals surface area (Å²) in [6, 6.07) is 1.67. The Morgan fingerprint density at radius 2 is 2.09 bits per heavy atom. The van der Waals surface area contributed by atoms with Crippen LogP contribution in [0, 0.1) is 0 Å². The van der Waals surface area contributed by atoms with Crippen LogP contribution in [0.1, 0.15) is 13.8 Å². The molecular weight excluding hydrogens is 142 g/mol. The van der Waals surface area contributed by atoms with Gasteiger partial charge in [-0.3, -0.25) is 0 Å². The summed E-state index contributed by atoms with van der Waals surface area (Å²) in [5.74, 6) is 1.15. The SMILES string of the molecule is CC.COc1cc(N)n(C)n1. The number of anilines is 1. The molecule has 0 radical (unpaired) electrons. The maximum absolute atomic E-state index is 5.44. The fourth-order valence-electron chi connectivity index (χ4n) is 0.554. The lowest BCUT2D eigenvalue weighted by Gasteiger charge is -1.88. The van der Waals surface area contributed by atoms with E-state index in [9.17, 15) is 0 Å². The molecule has 0 aromatic carbocycles. The van der Waals surface area contributed by atoms with E-state index in [4.69, 9.17) is 10.5 Å². The lowest BCUT2D eigenvalue weighted by Crippen LogP contribution is -1.96. The maximum Gasteiger partial charge on any atom is 0.234 e. The Kier molecular flexibility index (Phi) is 4.10. The quantitative estimate of drug-likeness (QED) is 0.662. The largest absolute Gasteiger partial charge is 0.480 e. The van der Waals surface area contributed by atoms with Gasteiger partial charge in [-0.2, -0.15) is 0 Å². The average Bonchev–Trinajstić information content (AvgIpc) is 2.36. The average molecular weight is 157 g/mol. The van der Waals surface area contributed by atoms with Crippen LogP contribution in [-0.4, -0.2) is 16.9 Å². The van der Waals surface area contributed by atoms with Gasteiger partial charge in [-0.25, -0.2) is 4.68 Å². The summed E-state index contributed by atoms with van der Waals surface area (Å²) in [6.45, 7) is 4.00. The zero-order valence-electron chi connectivity index (χ0n) is 7.46. The van der Waals surface area contributed by atoms with E-state index in [0.29, 0.717) is 11.7 Å². The highest BCUT2D eigenvalue weighted by molar-refractivity contribution is 5.33. The lowest BCUT2D eigenvalue weighted by atomic mass is 10.6. The van der Waals surface area contributed by atoms with Crippen molar-refractivity contribution in [3.63, 3.8) is 0 Å². The molecule has 1 heterocycles. The van der Waals surface area contributed by atoms with Gasteiger partial charge in [0.2, 0.25) is 5.88 Å². The standard InChI is InChI=1S/C5H9N3O.C2H6/c1-8-4(6)3-5(7-8)9-2;1-2/h3H,6H2,1-2H3;1-2H3. The van der Waals surface area contributed by atoms with E-state index in [1.165, 1.54) is 0 Å². The normalized spacial score (nSPS) is 8.36. The topological polar surface area (TPSA) is 53.1 Å². The summed E-state index contributed by atoms with van der Waals surface area (Å²) < 4.78 is 6.36. The van der Waals surface area contributed by atoms with E-state index in [1.807, 2.05) is 13.8 Å². The Hall–Kier alpha value is -1.19. The molecule has 0 unspecified atom stereocenters. The number of nitrogen functional groups attached to an aromatic ring is 1. The summed E-state index contributed by atoms with van der Waals surface area (Å²) >= 11 is 0. The van der Waals surface area contributed by atoms with Gasteiger partial charge < -0.3 is 10.5 Å². The van der Waals surface area contributed by atoms with Crippen molar-refractivity contribution >= 4 is 5.82 Å². The van der Waals surface area contributed by atoms with Crippen molar-refractivity contribution in [2.24, 2.45) is 7.05 Å². The van der Waals surface area contributed by atoms with Gasteiger partial charge in [0.15, 0.2) is 0 Å². The molecule has 0 spiro atoms. The molecule has 11 heavy (non-hydrogen) atoms. The predicted octanol–water partition coefficient (Wildman–Crippen LogP) is 1.04. The Labute approximate surface area is 67.0 Å². The van der Waals surface area contributed by atoms with E-state index >= 15 is 0 Å². The molecule has 0 aliphatic carbocycles. The fourth-order valence-corrected chi connectivity index (χ4v) is 0.554. The molecule has 4 nitrogen and oxygen atoms in total. The van der Waals surface area contributed by atoms with Crippen LogP contribution < -0.4 is 10.5 Å². The van der Waals surface area contributed by atoms with Crippen molar-refractivity contribution in [3.8, 4) is 5.88 Å². The molecule has 0 bridgehead atoms. The van der Waals surface area contributed by atoms with Crippen molar-refractivity contribution in [1.82, 2.24) is 9.78 Å². The first-order chi connectivity index (χ1) is 5.24. The van der Waals surface area contributed by atoms with E-state index in [1.54, 1.807) is 24.9 Å². The Balaban J connectivity index is 0.000000461. The highest BCUT2D eigenvalue weighted by Gasteiger charge is 1.97. The fraction of sp³-hybridized carbons (Fsp3) is 0.571. The van der Waals surface area contributed by atoms with E-state index in [0.717, 1.165) is 0 Å². The predicted molar refractivity (Wildman–Crippen MR) is 45.5 cm³/mol. The second-order valence-corrected chi connectivity index (χ2v) is 1.74. The Morgan fingerprint density at radius 3 is 2.27 bits per heavy atom. The van der Waals surface area contributed by atoms with Gasteiger partial charge in [-0.15, -0.1) is 5.10 Å². The van der Waals surface area contributed by atoms with Crippen LogP contribution in [0.15, 0.2) is 6.07 Å². The number of aromatic nitrogens is 2. The van der Waals surface area contributed by atoms with Crippen LogP contribution in [0.2, 0.25) is 0 Å². The molecule has 1 rings (SSSR count). The number of rotatable bonds is 1. The molecule has 2 N–H and O–H groups in total. The molecule has 0 saturated carbocycles. The maximum atomic E-state index is 5.44. The van der Waals surface area contributed by atoms with Crippen molar-refractivity contribution in [2.75, 3.05) is 12.8 Å². The van der Waals surface area contributed by atoms with Gasteiger partial charge in [0, 0.05) is 13.1 Å². The summed E-state index contributed by atoms with van der Waals surface area (Å²) in [4.78, 5) is 0. The molecule has 0 aliphatic rings. The van der Waals surface area contributed by atoms with E-state index in [2.05, 4.69) is 5.10 Å². The van der Waals surface area contributed by atoms with Gasteiger partial charge in [-0.05, 0) is 0 Å². The minimum absolute atomic E-state index is 0.551. The van der Waals surface area contributed by atoms with Crippen LogP contribution in [0.5, 0.6) is 5.88 Å². The molecule has 4 heteroatoms. The lowest BCUT2D eigenvalue weighted by molar-refractivity contribution is 0.392. The number of methoxy groups -OCH3 is 1.